The first kappa shape index (κ1) is 12.0. The molecule has 15 heavy (non-hydrogen) atoms. The van der Waals surface area contributed by atoms with Gasteiger partial charge in [-0.25, -0.2) is 0 Å². The lowest BCUT2D eigenvalue weighted by Gasteiger charge is -2.18. The molecule has 0 bridgehead atoms. The third kappa shape index (κ3) is 2.68. The van der Waals surface area contributed by atoms with Crippen molar-refractivity contribution < 1.29 is 4.79 Å². The van der Waals surface area contributed by atoms with E-state index in [2.05, 4.69) is 0 Å². The Morgan fingerprint density at radius 3 is 2.47 bits per heavy atom. The first-order valence-electron chi connectivity index (χ1n) is 5.02. The van der Waals surface area contributed by atoms with E-state index in [0.29, 0.717) is 13.1 Å². The molecule has 0 aromatic carbocycles. The molecule has 0 aliphatic carbocycles. The molecule has 0 spiro atoms. The average Bonchev–Trinajstić information content (AvgIpc) is 2.51. The first-order valence-corrected chi connectivity index (χ1v) is 5.90. The Balaban J connectivity index is 2.78. The lowest BCUT2D eigenvalue weighted by atomic mass is 10.4. The van der Waals surface area contributed by atoms with E-state index >= 15 is 0 Å². The summed E-state index contributed by atoms with van der Waals surface area (Å²) in [6.07, 6.45) is 0. The lowest BCUT2D eigenvalue weighted by molar-refractivity contribution is -0.131. The Kier molecular flexibility index (Phi) is 4.08. The molecule has 0 atom stereocenters. The van der Waals surface area contributed by atoms with Crippen LogP contribution < -0.4 is 4.87 Å². The van der Waals surface area contributed by atoms with Gasteiger partial charge in [0.15, 0.2) is 0 Å². The van der Waals surface area contributed by atoms with Crippen molar-refractivity contribution in [3.05, 3.63) is 20.7 Å². The smallest absolute Gasteiger partial charge is 0.307 e. The Hall–Kier alpha value is -1.10. The Morgan fingerprint density at radius 2 is 2.07 bits per heavy atom. The number of nitrogens with zero attached hydrogens (tertiary/aromatic N) is 2. The number of aryl methyl sites for hydroxylation is 1. The molecule has 0 radical (unpaired) electrons. The minimum atomic E-state index is -0.0620. The molecule has 84 valence electrons. The van der Waals surface area contributed by atoms with Crippen molar-refractivity contribution in [2.24, 2.45) is 0 Å². The molecule has 0 N–H and O–H groups in total. The molecule has 1 aromatic rings. The molecule has 0 unspecified atom stereocenters. The maximum absolute atomic E-state index is 11.7. The number of carbonyl (C=O) groups is 1. The standard InChI is InChI=1S/C10H16N2O2S/c1-4-11(5-2)9(13)6-12-8(3)7-15-10(12)14/h7H,4-6H2,1-3H3. The summed E-state index contributed by atoms with van der Waals surface area (Å²) in [5, 5.41) is 1.78. The van der Waals surface area contributed by atoms with Crippen molar-refractivity contribution in [1.29, 1.82) is 0 Å². The zero-order valence-electron chi connectivity index (χ0n) is 9.32. The van der Waals surface area contributed by atoms with Crippen molar-refractivity contribution >= 4 is 17.2 Å². The quantitative estimate of drug-likeness (QED) is 0.774. The summed E-state index contributed by atoms with van der Waals surface area (Å²) in [5.74, 6) is 0.00333. The van der Waals surface area contributed by atoms with Crippen LogP contribution in [0.2, 0.25) is 0 Å². The van der Waals surface area contributed by atoms with Crippen LogP contribution >= 0.6 is 11.3 Å². The predicted molar refractivity (Wildman–Crippen MR) is 61.2 cm³/mol. The molecular weight excluding hydrogens is 212 g/mol. The highest BCUT2D eigenvalue weighted by Gasteiger charge is 2.12. The molecule has 1 rings (SSSR count). The number of rotatable bonds is 4. The van der Waals surface area contributed by atoms with Crippen molar-refractivity contribution in [3.8, 4) is 0 Å². The topological polar surface area (TPSA) is 42.3 Å². The zero-order chi connectivity index (χ0) is 11.4. The van der Waals surface area contributed by atoms with Gasteiger partial charge in [-0.2, -0.15) is 0 Å². The summed E-state index contributed by atoms with van der Waals surface area (Å²) in [4.78, 5) is 24.8. The Bertz CT molecular complexity index is 390. The molecule has 0 fully saturated rings. The van der Waals surface area contributed by atoms with Gasteiger partial charge in [0.05, 0.1) is 0 Å². The van der Waals surface area contributed by atoms with E-state index in [4.69, 9.17) is 0 Å². The maximum atomic E-state index is 11.7. The van der Waals surface area contributed by atoms with Crippen molar-refractivity contribution in [3.63, 3.8) is 0 Å². The summed E-state index contributed by atoms with van der Waals surface area (Å²) in [6.45, 7) is 7.25. The number of thiazole rings is 1. The minimum absolute atomic E-state index is 0.00333. The van der Waals surface area contributed by atoms with Crippen LogP contribution in [0.15, 0.2) is 10.2 Å². The molecule has 0 saturated heterocycles. The Labute approximate surface area is 93.1 Å². The number of amides is 1. The molecule has 1 heterocycles. The van der Waals surface area contributed by atoms with E-state index in [1.807, 2.05) is 20.8 Å². The van der Waals surface area contributed by atoms with Crippen LogP contribution in [0.3, 0.4) is 0 Å². The molecule has 4 nitrogen and oxygen atoms in total. The van der Waals surface area contributed by atoms with Crippen molar-refractivity contribution in [1.82, 2.24) is 9.47 Å². The van der Waals surface area contributed by atoms with E-state index in [1.54, 1.807) is 10.3 Å². The van der Waals surface area contributed by atoms with Gasteiger partial charge in [0.25, 0.3) is 0 Å². The van der Waals surface area contributed by atoms with Gasteiger partial charge in [-0.15, -0.1) is 0 Å². The molecule has 5 heteroatoms. The highest BCUT2D eigenvalue weighted by molar-refractivity contribution is 7.07. The minimum Gasteiger partial charge on any atom is -0.342 e. The van der Waals surface area contributed by atoms with Gasteiger partial charge >= 0.3 is 4.87 Å². The van der Waals surface area contributed by atoms with Gasteiger partial charge in [0.1, 0.15) is 6.54 Å². The second-order valence-corrected chi connectivity index (χ2v) is 4.12. The fraction of sp³-hybridized carbons (Fsp3) is 0.600. The third-order valence-electron chi connectivity index (χ3n) is 2.39. The van der Waals surface area contributed by atoms with E-state index in [-0.39, 0.29) is 17.3 Å². The maximum Gasteiger partial charge on any atom is 0.307 e. The van der Waals surface area contributed by atoms with Crippen LogP contribution in [0, 0.1) is 6.92 Å². The van der Waals surface area contributed by atoms with Crippen LogP contribution in [-0.4, -0.2) is 28.5 Å². The summed E-state index contributed by atoms with van der Waals surface area (Å²) in [6, 6.07) is 0. The molecule has 0 saturated carbocycles. The molecular formula is C10H16N2O2S. The molecule has 1 amide bonds. The third-order valence-corrected chi connectivity index (χ3v) is 3.27. The normalized spacial score (nSPS) is 10.3. The second-order valence-electron chi connectivity index (χ2n) is 3.30. The largest absolute Gasteiger partial charge is 0.342 e. The van der Waals surface area contributed by atoms with Crippen LogP contribution in [-0.2, 0) is 11.3 Å². The van der Waals surface area contributed by atoms with Crippen molar-refractivity contribution in [2.45, 2.75) is 27.3 Å². The van der Waals surface area contributed by atoms with E-state index in [9.17, 15) is 9.59 Å². The molecule has 0 aliphatic rings. The van der Waals surface area contributed by atoms with E-state index in [1.165, 1.54) is 4.57 Å². The number of hydrogen-bond donors (Lipinski definition) is 0. The van der Waals surface area contributed by atoms with Crippen molar-refractivity contribution in [2.75, 3.05) is 13.1 Å². The number of hydrogen-bond acceptors (Lipinski definition) is 3. The van der Waals surface area contributed by atoms with Gasteiger partial charge in [0.2, 0.25) is 5.91 Å². The van der Waals surface area contributed by atoms with Gasteiger partial charge in [-0.1, -0.05) is 11.3 Å². The average molecular weight is 228 g/mol. The lowest BCUT2D eigenvalue weighted by Crippen LogP contribution is -2.35. The SMILES string of the molecule is CCN(CC)C(=O)Cn1c(C)csc1=O. The highest BCUT2D eigenvalue weighted by atomic mass is 32.1. The summed E-state index contributed by atoms with van der Waals surface area (Å²) >= 11 is 1.14. The van der Waals surface area contributed by atoms with Crippen LogP contribution in [0.5, 0.6) is 0 Å². The zero-order valence-corrected chi connectivity index (χ0v) is 10.1. The number of aromatic nitrogens is 1. The van der Waals surface area contributed by atoms with Gasteiger partial charge in [0, 0.05) is 24.2 Å². The van der Waals surface area contributed by atoms with Crippen LogP contribution in [0.25, 0.3) is 0 Å². The van der Waals surface area contributed by atoms with Crippen LogP contribution in [0.1, 0.15) is 19.5 Å². The molecule has 1 aromatic heterocycles. The van der Waals surface area contributed by atoms with Gasteiger partial charge in [-0.3, -0.25) is 14.2 Å². The van der Waals surface area contributed by atoms with E-state index < -0.39 is 0 Å². The fourth-order valence-corrected chi connectivity index (χ4v) is 2.14. The highest BCUT2D eigenvalue weighted by Crippen LogP contribution is 2.01. The van der Waals surface area contributed by atoms with Gasteiger partial charge in [-0.05, 0) is 20.8 Å². The van der Waals surface area contributed by atoms with Gasteiger partial charge < -0.3 is 4.90 Å². The second kappa shape index (κ2) is 5.11. The molecule has 0 aliphatic heterocycles. The summed E-state index contributed by atoms with van der Waals surface area (Å²) in [5.41, 5.74) is 0.852. The van der Waals surface area contributed by atoms with E-state index in [0.717, 1.165) is 17.0 Å². The fourth-order valence-electron chi connectivity index (χ4n) is 1.41. The predicted octanol–water partition coefficient (Wildman–Crippen LogP) is 1.09. The summed E-state index contributed by atoms with van der Waals surface area (Å²) < 4.78 is 1.52. The monoisotopic (exact) mass is 228 g/mol. The van der Waals surface area contributed by atoms with Crippen LogP contribution in [0.4, 0.5) is 0 Å². The Morgan fingerprint density at radius 1 is 1.47 bits per heavy atom. The summed E-state index contributed by atoms with van der Waals surface area (Å²) in [7, 11) is 0. The number of likely N-dealkylation sites (N-methyl/N-ethyl adjacent to an activating group) is 1. The first-order chi connectivity index (χ1) is 7.10. The number of carbonyl (C=O) groups excluding carboxylic acids is 1.